The number of nitrogens with two attached hydrogens (primary N) is 1. The van der Waals surface area contributed by atoms with Gasteiger partial charge in [-0.1, -0.05) is 5.92 Å². The Morgan fingerprint density at radius 3 is 2.88 bits per heavy atom. The molecule has 5 nitrogen and oxygen atoms in total. The number of benzene rings is 1. The first-order valence-electron chi connectivity index (χ1n) is 4.37. The van der Waals surface area contributed by atoms with Crippen molar-refractivity contribution in [1.82, 2.24) is 5.43 Å². The molecule has 0 aliphatic rings. The Morgan fingerprint density at radius 1 is 1.56 bits per heavy atom. The highest BCUT2D eigenvalue weighted by molar-refractivity contribution is 5.97. The lowest BCUT2D eigenvalue weighted by Crippen LogP contribution is -2.30. The number of nitrogen functional groups attached to an aromatic ring is 1. The summed E-state index contributed by atoms with van der Waals surface area (Å²) in [5, 5.41) is 0. The van der Waals surface area contributed by atoms with E-state index in [1.165, 1.54) is 13.2 Å². The molecule has 0 bridgehead atoms. The van der Waals surface area contributed by atoms with E-state index < -0.39 is 5.91 Å². The molecule has 1 aromatic carbocycles. The number of nitrogens with one attached hydrogen (secondary N) is 1. The van der Waals surface area contributed by atoms with Gasteiger partial charge in [0.1, 0.15) is 5.75 Å². The maximum absolute atomic E-state index is 11.4. The minimum atomic E-state index is -0.492. The van der Waals surface area contributed by atoms with E-state index in [1.54, 1.807) is 12.1 Å². The Bertz CT molecular complexity index is 472. The zero-order valence-corrected chi connectivity index (χ0v) is 8.61. The summed E-state index contributed by atoms with van der Waals surface area (Å²) in [6.45, 7) is 0. The lowest BCUT2D eigenvalue weighted by atomic mass is 10.1. The van der Waals surface area contributed by atoms with Gasteiger partial charge in [0.2, 0.25) is 0 Å². The van der Waals surface area contributed by atoms with Crippen molar-refractivity contribution in [1.29, 1.82) is 0 Å². The molecule has 82 valence electrons. The number of carbonyl (C=O) groups is 2. The van der Waals surface area contributed by atoms with Gasteiger partial charge < -0.3 is 4.74 Å². The van der Waals surface area contributed by atoms with Crippen molar-refractivity contribution in [3.8, 4) is 17.6 Å². The third-order valence-corrected chi connectivity index (χ3v) is 1.87. The summed E-state index contributed by atoms with van der Waals surface area (Å²) in [4.78, 5) is 21.5. The Morgan fingerprint density at radius 2 is 2.31 bits per heavy atom. The van der Waals surface area contributed by atoms with Gasteiger partial charge >= 0.3 is 0 Å². The van der Waals surface area contributed by atoms with Gasteiger partial charge in [-0.25, -0.2) is 5.84 Å². The van der Waals surface area contributed by atoms with Gasteiger partial charge in [0.05, 0.1) is 12.7 Å². The molecule has 1 rings (SSSR count). The normalized spacial score (nSPS) is 8.62. The molecule has 0 aliphatic carbocycles. The molecule has 1 aromatic rings. The molecular weight excluding hydrogens is 208 g/mol. The van der Waals surface area contributed by atoms with Gasteiger partial charge in [0, 0.05) is 5.56 Å². The number of hydrazine groups is 1. The second kappa shape index (κ2) is 5.53. The molecule has 5 heteroatoms. The number of hydrogen-bond acceptors (Lipinski definition) is 4. The highest BCUT2D eigenvalue weighted by Gasteiger charge is 2.10. The third kappa shape index (κ3) is 2.59. The van der Waals surface area contributed by atoms with Crippen molar-refractivity contribution in [3.63, 3.8) is 0 Å². The quantitative estimate of drug-likeness (QED) is 0.238. The van der Waals surface area contributed by atoms with E-state index in [-0.39, 0.29) is 5.56 Å². The highest BCUT2D eigenvalue weighted by atomic mass is 16.5. The number of amides is 1. The standard InChI is InChI=1S/C11H10N2O3/c1-16-9-5-4-8(3-2-6-14)10(7-9)11(15)13-12/h4-7H,12H2,1H3,(H,13,15). The molecule has 0 aromatic heterocycles. The molecule has 0 spiro atoms. The number of methoxy groups -OCH3 is 1. The van der Waals surface area contributed by atoms with Crippen LogP contribution in [-0.4, -0.2) is 19.3 Å². The van der Waals surface area contributed by atoms with Crippen molar-refractivity contribution in [2.75, 3.05) is 7.11 Å². The van der Waals surface area contributed by atoms with Gasteiger partial charge in [-0.05, 0) is 24.1 Å². The highest BCUT2D eigenvalue weighted by Crippen LogP contribution is 2.16. The molecule has 0 fully saturated rings. The first kappa shape index (κ1) is 11.8. The van der Waals surface area contributed by atoms with Crippen molar-refractivity contribution < 1.29 is 14.3 Å². The van der Waals surface area contributed by atoms with Crippen LogP contribution in [0.5, 0.6) is 5.75 Å². The molecule has 0 aliphatic heterocycles. The summed E-state index contributed by atoms with van der Waals surface area (Å²) in [7, 11) is 1.48. The number of ether oxygens (including phenoxy) is 1. The van der Waals surface area contributed by atoms with Gasteiger partial charge in [-0.15, -0.1) is 0 Å². The summed E-state index contributed by atoms with van der Waals surface area (Å²) in [5.41, 5.74) is 2.67. The second-order valence-electron chi connectivity index (χ2n) is 2.77. The van der Waals surface area contributed by atoms with Gasteiger partial charge in [-0.2, -0.15) is 0 Å². The molecule has 0 heterocycles. The largest absolute Gasteiger partial charge is 0.497 e. The number of hydrogen-bond donors (Lipinski definition) is 2. The molecule has 3 N–H and O–H groups in total. The fourth-order valence-corrected chi connectivity index (χ4v) is 1.13. The van der Waals surface area contributed by atoms with Gasteiger partial charge in [0.25, 0.3) is 5.91 Å². The summed E-state index contributed by atoms with van der Waals surface area (Å²) >= 11 is 0. The van der Waals surface area contributed by atoms with E-state index in [4.69, 9.17) is 10.6 Å². The maximum atomic E-state index is 11.4. The van der Waals surface area contributed by atoms with Crippen LogP contribution in [0, 0.1) is 11.8 Å². The lowest BCUT2D eigenvalue weighted by Gasteiger charge is -2.05. The fourth-order valence-electron chi connectivity index (χ4n) is 1.13. The van der Waals surface area contributed by atoms with Crippen LogP contribution < -0.4 is 16.0 Å². The van der Waals surface area contributed by atoms with E-state index in [0.717, 1.165) is 0 Å². The molecule has 0 atom stereocenters. The monoisotopic (exact) mass is 218 g/mol. The van der Waals surface area contributed by atoms with E-state index in [2.05, 4.69) is 11.8 Å². The Hall–Kier alpha value is -2.32. The first-order chi connectivity index (χ1) is 7.72. The number of rotatable bonds is 2. The third-order valence-electron chi connectivity index (χ3n) is 1.87. The van der Waals surface area contributed by atoms with E-state index in [9.17, 15) is 9.59 Å². The van der Waals surface area contributed by atoms with Crippen LogP contribution in [0.4, 0.5) is 0 Å². The van der Waals surface area contributed by atoms with Gasteiger partial charge in [-0.3, -0.25) is 15.0 Å². The zero-order chi connectivity index (χ0) is 12.0. The molecule has 0 saturated heterocycles. The lowest BCUT2D eigenvalue weighted by molar-refractivity contribution is -0.103. The van der Waals surface area contributed by atoms with Crippen LogP contribution in [-0.2, 0) is 4.79 Å². The van der Waals surface area contributed by atoms with Gasteiger partial charge in [0.15, 0.2) is 6.29 Å². The molecule has 0 radical (unpaired) electrons. The molecule has 16 heavy (non-hydrogen) atoms. The topological polar surface area (TPSA) is 81.4 Å². The molecule has 0 saturated carbocycles. The predicted molar refractivity (Wildman–Crippen MR) is 57.6 cm³/mol. The van der Waals surface area contributed by atoms with E-state index in [1.807, 2.05) is 5.43 Å². The number of aldehydes is 1. The Kier molecular flexibility index (Phi) is 4.07. The second-order valence-corrected chi connectivity index (χ2v) is 2.77. The van der Waals surface area contributed by atoms with E-state index in [0.29, 0.717) is 17.6 Å². The summed E-state index contributed by atoms with van der Waals surface area (Å²) in [6.07, 6.45) is 0.453. The summed E-state index contributed by atoms with van der Waals surface area (Å²) < 4.78 is 4.97. The summed E-state index contributed by atoms with van der Waals surface area (Å²) in [6, 6.07) is 4.72. The van der Waals surface area contributed by atoms with Crippen LogP contribution in [0.1, 0.15) is 15.9 Å². The number of carbonyl (C=O) groups excluding carboxylic acids is 2. The zero-order valence-electron chi connectivity index (χ0n) is 8.61. The maximum Gasteiger partial charge on any atom is 0.266 e. The van der Waals surface area contributed by atoms with Crippen molar-refractivity contribution >= 4 is 12.2 Å². The van der Waals surface area contributed by atoms with Crippen LogP contribution in [0.3, 0.4) is 0 Å². The first-order valence-corrected chi connectivity index (χ1v) is 4.37. The van der Waals surface area contributed by atoms with Crippen LogP contribution in [0.25, 0.3) is 0 Å². The Labute approximate surface area is 92.6 Å². The Balaban J connectivity index is 3.26. The SMILES string of the molecule is COc1ccc(C#CC=O)c(C(=O)NN)c1. The molecular formula is C11H10N2O3. The minimum absolute atomic E-state index is 0.260. The fraction of sp³-hybridized carbons (Fsp3) is 0.0909. The summed E-state index contributed by atoms with van der Waals surface area (Å²) in [5.74, 6) is 9.82. The van der Waals surface area contributed by atoms with Crippen LogP contribution in [0.15, 0.2) is 18.2 Å². The minimum Gasteiger partial charge on any atom is -0.497 e. The average Bonchev–Trinajstić information content (AvgIpc) is 2.35. The van der Waals surface area contributed by atoms with Crippen molar-refractivity contribution in [2.24, 2.45) is 5.84 Å². The van der Waals surface area contributed by atoms with Crippen LogP contribution >= 0.6 is 0 Å². The van der Waals surface area contributed by atoms with Crippen molar-refractivity contribution in [3.05, 3.63) is 29.3 Å². The van der Waals surface area contributed by atoms with Crippen molar-refractivity contribution in [2.45, 2.75) is 0 Å². The molecule has 1 amide bonds. The van der Waals surface area contributed by atoms with E-state index >= 15 is 0 Å². The van der Waals surface area contributed by atoms with Crippen LogP contribution in [0.2, 0.25) is 0 Å². The molecule has 0 unspecified atom stereocenters. The average molecular weight is 218 g/mol. The smallest absolute Gasteiger partial charge is 0.266 e. The predicted octanol–water partition coefficient (Wildman–Crippen LogP) is -0.151.